The van der Waals surface area contributed by atoms with Crippen LogP contribution in [0.5, 0.6) is 5.88 Å². The number of rotatable bonds is 8. The number of hydrogen-bond acceptors (Lipinski definition) is 4. The second-order valence-corrected chi connectivity index (χ2v) is 6.95. The van der Waals surface area contributed by atoms with Gasteiger partial charge in [0.05, 0.1) is 6.10 Å². The Kier molecular flexibility index (Phi) is 7.34. The van der Waals surface area contributed by atoms with Gasteiger partial charge in [-0.1, -0.05) is 38.1 Å². The van der Waals surface area contributed by atoms with Crippen molar-refractivity contribution in [2.45, 2.75) is 46.4 Å². The lowest BCUT2D eigenvalue weighted by Gasteiger charge is -2.21. The van der Waals surface area contributed by atoms with Crippen LogP contribution in [0.2, 0.25) is 0 Å². The highest BCUT2D eigenvalue weighted by Gasteiger charge is 2.24. The van der Waals surface area contributed by atoms with E-state index >= 15 is 0 Å². The van der Waals surface area contributed by atoms with Crippen LogP contribution < -0.4 is 15.4 Å². The second kappa shape index (κ2) is 9.71. The van der Waals surface area contributed by atoms with Crippen LogP contribution >= 0.6 is 0 Å². The molecule has 0 aliphatic rings. The highest BCUT2D eigenvalue weighted by molar-refractivity contribution is 5.97. The quantitative estimate of drug-likeness (QED) is 0.750. The van der Waals surface area contributed by atoms with E-state index in [-0.39, 0.29) is 23.8 Å². The summed E-state index contributed by atoms with van der Waals surface area (Å²) in [6.07, 6.45) is 1.73. The van der Waals surface area contributed by atoms with E-state index < -0.39 is 6.04 Å². The summed E-state index contributed by atoms with van der Waals surface area (Å²) in [5.74, 6) is 0.0194. The smallest absolute Gasteiger partial charge is 0.251 e. The summed E-state index contributed by atoms with van der Waals surface area (Å²) in [4.78, 5) is 29.1. The molecule has 1 heterocycles. The molecule has 1 unspecified atom stereocenters. The van der Waals surface area contributed by atoms with Crippen LogP contribution in [0.1, 0.15) is 43.6 Å². The minimum absolute atomic E-state index is 0.0439. The third kappa shape index (κ3) is 6.40. The molecule has 0 saturated heterocycles. The number of carbonyl (C=O) groups excluding carboxylic acids is 2. The molecule has 0 radical (unpaired) electrons. The lowest BCUT2D eigenvalue weighted by Crippen LogP contribution is -2.49. The number of carbonyl (C=O) groups is 2. The standard InChI is InChI=1S/C21H27N3O3/c1-14(2)19(24-20(25)17-8-6-5-7-9-17)21(26)23-13-16-10-11-18(22-12-16)27-15(3)4/h5-12,14-15,19H,13H2,1-4H3,(H,23,26)(H,24,25). The molecule has 27 heavy (non-hydrogen) atoms. The summed E-state index contributed by atoms with van der Waals surface area (Å²) in [6, 6.07) is 11.9. The van der Waals surface area contributed by atoms with Crippen molar-refractivity contribution in [2.75, 3.05) is 0 Å². The number of pyridine rings is 1. The van der Waals surface area contributed by atoms with Crippen LogP contribution in [-0.2, 0) is 11.3 Å². The maximum Gasteiger partial charge on any atom is 0.251 e. The fraction of sp³-hybridized carbons (Fsp3) is 0.381. The minimum Gasteiger partial charge on any atom is -0.475 e. The first-order valence-corrected chi connectivity index (χ1v) is 9.12. The SMILES string of the molecule is CC(C)Oc1ccc(CNC(=O)C(NC(=O)c2ccccc2)C(C)C)cn1. The van der Waals surface area contributed by atoms with Gasteiger partial charge in [-0.3, -0.25) is 9.59 Å². The highest BCUT2D eigenvalue weighted by Crippen LogP contribution is 2.10. The van der Waals surface area contributed by atoms with Gasteiger partial charge in [0.1, 0.15) is 6.04 Å². The van der Waals surface area contributed by atoms with Gasteiger partial charge in [-0.15, -0.1) is 0 Å². The van der Waals surface area contributed by atoms with Gasteiger partial charge in [-0.05, 0) is 37.5 Å². The Bertz CT molecular complexity index is 743. The summed E-state index contributed by atoms with van der Waals surface area (Å²) in [5.41, 5.74) is 1.39. The summed E-state index contributed by atoms with van der Waals surface area (Å²) >= 11 is 0. The first-order valence-electron chi connectivity index (χ1n) is 9.12. The Morgan fingerprint density at radius 1 is 1.04 bits per heavy atom. The first-order chi connectivity index (χ1) is 12.9. The van der Waals surface area contributed by atoms with Crippen LogP contribution in [0.25, 0.3) is 0 Å². The summed E-state index contributed by atoms with van der Waals surface area (Å²) in [6.45, 7) is 8.00. The van der Waals surface area contributed by atoms with E-state index in [2.05, 4.69) is 15.6 Å². The lowest BCUT2D eigenvalue weighted by molar-refractivity contribution is -0.124. The van der Waals surface area contributed by atoms with Crippen molar-refractivity contribution in [3.05, 3.63) is 59.8 Å². The topological polar surface area (TPSA) is 80.3 Å². The highest BCUT2D eigenvalue weighted by atomic mass is 16.5. The zero-order valence-electron chi connectivity index (χ0n) is 16.2. The maximum atomic E-state index is 12.6. The van der Waals surface area contributed by atoms with Gasteiger partial charge in [0.25, 0.3) is 5.91 Å². The van der Waals surface area contributed by atoms with Crippen molar-refractivity contribution in [1.29, 1.82) is 0 Å². The molecule has 1 aromatic carbocycles. The van der Waals surface area contributed by atoms with Gasteiger partial charge in [0.15, 0.2) is 0 Å². The van der Waals surface area contributed by atoms with Crippen molar-refractivity contribution in [3.8, 4) is 5.88 Å². The van der Waals surface area contributed by atoms with Crippen molar-refractivity contribution in [3.63, 3.8) is 0 Å². The molecule has 2 N–H and O–H groups in total. The molecule has 2 amide bonds. The van der Waals surface area contributed by atoms with Crippen molar-refractivity contribution < 1.29 is 14.3 Å². The molecule has 6 nitrogen and oxygen atoms in total. The Hall–Kier alpha value is -2.89. The zero-order valence-corrected chi connectivity index (χ0v) is 16.2. The molecule has 144 valence electrons. The normalized spacial score (nSPS) is 11.9. The number of nitrogens with zero attached hydrogens (tertiary/aromatic N) is 1. The van der Waals surface area contributed by atoms with Gasteiger partial charge in [-0.2, -0.15) is 0 Å². The fourth-order valence-corrected chi connectivity index (χ4v) is 2.47. The molecular weight excluding hydrogens is 342 g/mol. The Morgan fingerprint density at radius 3 is 2.30 bits per heavy atom. The third-order valence-corrected chi connectivity index (χ3v) is 3.89. The molecule has 0 spiro atoms. The van der Waals surface area contributed by atoms with Crippen molar-refractivity contribution >= 4 is 11.8 Å². The average Bonchev–Trinajstić information content (AvgIpc) is 2.65. The number of aromatic nitrogens is 1. The molecule has 0 bridgehead atoms. The van der Waals surface area contributed by atoms with E-state index in [0.29, 0.717) is 18.0 Å². The maximum absolute atomic E-state index is 12.6. The lowest BCUT2D eigenvalue weighted by atomic mass is 10.0. The first kappa shape index (κ1) is 20.4. The van der Waals surface area contributed by atoms with Crippen LogP contribution in [0.15, 0.2) is 48.7 Å². The van der Waals surface area contributed by atoms with Gasteiger partial charge in [0, 0.05) is 24.4 Å². The van der Waals surface area contributed by atoms with Crippen LogP contribution in [-0.4, -0.2) is 28.9 Å². The molecule has 2 aromatic rings. The van der Waals surface area contributed by atoms with E-state index in [0.717, 1.165) is 5.56 Å². The molecule has 1 atom stereocenters. The molecule has 2 rings (SSSR count). The molecule has 0 saturated carbocycles. The number of benzene rings is 1. The monoisotopic (exact) mass is 369 g/mol. The summed E-state index contributed by atoms with van der Waals surface area (Å²) in [5, 5.41) is 5.68. The number of hydrogen-bond donors (Lipinski definition) is 2. The Morgan fingerprint density at radius 2 is 1.74 bits per heavy atom. The van der Waals surface area contributed by atoms with E-state index in [9.17, 15) is 9.59 Å². The van der Waals surface area contributed by atoms with E-state index in [4.69, 9.17) is 4.74 Å². The number of ether oxygens (including phenoxy) is 1. The van der Waals surface area contributed by atoms with Crippen LogP contribution in [0.4, 0.5) is 0 Å². The van der Waals surface area contributed by atoms with E-state index in [1.165, 1.54) is 0 Å². The predicted molar refractivity (Wildman–Crippen MR) is 104 cm³/mol. The Labute approximate surface area is 160 Å². The molecule has 0 aliphatic carbocycles. The van der Waals surface area contributed by atoms with Crippen molar-refractivity contribution in [1.82, 2.24) is 15.6 Å². The fourth-order valence-electron chi connectivity index (χ4n) is 2.47. The molecule has 6 heteroatoms. The molecule has 1 aromatic heterocycles. The summed E-state index contributed by atoms with van der Waals surface area (Å²) in [7, 11) is 0. The second-order valence-electron chi connectivity index (χ2n) is 6.95. The molecular formula is C21H27N3O3. The van der Waals surface area contributed by atoms with E-state index in [1.807, 2.05) is 39.8 Å². The van der Waals surface area contributed by atoms with Gasteiger partial charge >= 0.3 is 0 Å². The van der Waals surface area contributed by atoms with Gasteiger partial charge < -0.3 is 15.4 Å². The average molecular weight is 369 g/mol. The van der Waals surface area contributed by atoms with Gasteiger partial charge in [-0.25, -0.2) is 4.98 Å². The zero-order chi connectivity index (χ0) is 19.8. The number of amides is 2. The van der Waals surface area contributed by atoms with E-state index in [1.54, 1.807) is 36.5 Å². The summed E-state index contributed by atoms with van der Waals surface area (Å²) < 4.78 is 5.50. The molecule has 0 aliphatic heterocycles. The minimum atomic E-state index is -0.616. The van der Waals surface area contributed by atoms with Gasteiger partial charge in [0.2, 0.25) is 11.8 Å². The number of nitrogens with one attached hydrogen (secondary N) is 2. The Balaban J connectivity index is 1.93. The van der Waals surface area contributed by atoms with Crippen LogP contribution in [0.3, 0.4) is 0 Å². The largest absolute Gasteiger partial charge is 0.475 e. The van der Waals surface area contributed by atoms with Crippen LogP contribution in [0, 0.1) is 5.92 Å². The predicted octanol–water partition coefficient (Wildman–Crippen LogP) is 2.94. The third-order valence-electron chi connectivity index (χ3n) is 3.89. The molecule has 0 fully saturated rings. The van der Waals surface area contributed by atoms with Crippen molar-refractivity contribution in [2.24, 2.45) is 5.92 Å².